The Balaban J connectivity index is 1.75. The lowest BCUT2D eigenvalue weighted by Crippen LogP contribution is -2.53. The number of nitrogens with one attached hydrogen (secondary N) is 2. The summed E-state index contributed by atoms with van der Waals surface area (Å²) in [6, 6.07) is 2.51. The molecule has 0 bridgehead atoms. The number of rotatable bonds is 4. The van der Waals surface area contributed by atoms with Crippen LogP contribution in [0.3, 0.4) is 0 Å². The van der Waals surface area contributed by atoms with Crippen LogP contribution in [0, 0.1) is 11.6 Å². The van der Waals surface area contributed by atoms with Gasteiger partial charge in [-0.2, -0.15) is 13.8 Å². The first-order valence-electron chi connectivity index (χ1n) is 7.07. The number of anilines is 1. The van der Waals surface area contributed by atoms with Crippen LogP contribution in [0.25, 0.3) is 0 Å². The van der Waals surface area contributed by atoms with E-state index in [0.717, 1.165) is 6.07 Å². The van der Waals surface area contributed by atoms with Crippen LogP contribution in [-0.4, -0.2) is 16.2 Å². The van der Waals surface area contributed by atoms with E-state index in [2.05, 4.69) is 25.3 Å². The molecule has 24 heavy (non-hydrogen) atoms. The lowest BCUT2D eigenvalue weighted by molar-refractivity contribution is 0.106. The number of carbonyl (C=O) groups is 1. The fourth-order valence-corrected chi connectivity index (χ4v) is 2.42. The summed E-state index contributed by atoms with van der Waals surface area (Å²) in [7, 11) is 0. The third-order valence-corrected chi connectivity index (χ3v) is 3.82. The number of hydrogen-bond acceptors (Lipinski definition) is 4. The second kappa shape index (κ2) is 6.10. The highest BCUT2D eigenvalue weighted by atomic mass is 19.3. The van der Waals surface area contributed by atoms with E-state index in [-0.39, 0.29) is 11.5 Å². The van der Waals surface area contributed by atoms with Gasteiger partial charge in [-0.3, -0.25) is 0 Å². The standard InChI is InChI=1S/C14H12F4N4O2/c15-7-3-1-4-8(9(7)16)19-13(23)21-14(5-2-6-14)12-20-11(10(17)18)24-22-12/h1,3-4,10H,2,5-6H2,(H2,19,21,23). The molecule has 2 amide bonds. The molecular formula is C14H12F4N4O2. The second-order valence-corrected chi connectivity index (χ2v) is 5.37. The lowest BCUT2D eigenvalue weighted by atomic mass is 9.76. The van der Waals surface area contributed by atoms with E-state index < -0.39 is 35.5 Å². The van der Waals surface area contributed by atoms with E-state index in [1.165, 1.54) is 12.1 Å². The number of hydrogen-bond donors (Lipinski definition) is 2. The topological polar surface area (TPSA) is 80.0 Å². The number of nitrogens with zero attached hydrogens (tertiary/aromatic N) is 2. The van der Waals surface area contributed by atoms with Gasteiger partial charge in [0.15, 0.2) is 17.5 Å². The summed E-state index contributed by atoms with van der Waals surface area (Å²) < 4.78 is 56.3. The molecule has 1 aliphatic rings. The van der Waals surface area contributed by atoms with Gasteiger partial charge in [0.1, 0.15) is 5.54 Å². The molecule has 1 aliphatic carbocycles. The molecule has 10 heteroatoms. The average Bonchev–Trinajstić information content (AvgIpc) is 2.98. The average molecular weight is 344 g/mol. The van der Waals surface area contributed by atoms with Crippen LogP contribution in [0.2, 0.25) is 0 Å². The molecule has 1 aromatic carbocycles. The smallest absolute Gasteiger partial charge is 0.320 e. The van der Waals surface area contributed by atoms with Crippen molar-refractivity contribution >= 4 is 11.7 Å². The molecule has 0 aliphatic heterocycles. The maximum Gasteiger partial charge on any atom is 0.320 e. The summed E-state index contributed by atoms with van der Waals surface area (Å²) >= 11 is 0. The zero-order valence-electron chi connectivity index (χ0n) is 12.2. The van der Waals surface area contributed by atoms with Crippen molar-refractivity contribution in [3.8, 4) is 0 Å². The first-order valence-corrected chi connectivity index (χ1v) is 7.07. The normalized spacial score (nSPS) is 15.9. The minimum Gasteiger partial charge on any atom is -0.333 e. The molecule has 0 atom stereocenters. The fourth-order valence-electron chi connectivity index (χ4n) is 2.42. The summed E-state index contributed by atoms with van der Waals surface area (Å²) in [4.78, 5) is 15.6. The van der Waals surface area contributed by atoms with Crippen molar-refractivity contribution < 1.29 is 26.9 Å². The van der Waals surface area contributed by atoms with Crippen molar-refractivity contribution in [1.82, 2.24) is 15.5 Å². The summed E-state index contributed by atoms with van der Waals surface area (Å²) in [6.45, 7) is 0. The summed E-state index contributed by atoms with van der Waals surface area (Å²) in [5, 5.41) is 8.18. The largest absolute Gasteiger partial charge is 0.333 e. The molecular weight excluding hydrogens is 332 g/mol. The summed E-state index contributed by atoms with van der Waals surface area (Å²) in [5.74, 6) is -3.21. The molecule has 1 fully saturated rings. The molecule has 128 valence electrons. The highest BCUT2D eigenvalue weighted by Gasteiger charge is 2.45. The van der Waals surface area contributed by atoms with Crippen LogP contribution in [0.5, 0.6) is 0 Å². The molecule has 6 nitrogen and oxygen atoms in total. The molecule has 1 heterocycles. The van der Waals surface area contributed by atoms with E-state index in [1.807, 2.05) is 0 Å². The number of benzene rings is 1. The first-order chi connectivity index (χ1) is 11.4. The van der Waals surface area contributed by atoms with E-state index in [9.17, 15) is 22.4 Å². The molecule has 0 unspecified atom stereocenters. The minimum absolute atomic E-state index is 0.0704. The maximum atomic E-state index is 13.6. The van der Waals surface area contributed by atoms with Crippen molar-refractivity contribution in [3.63, 3.8) is 0 Å². The second-order valence-electron chi connectivity index (χ2n) is 5.37. The quantitative estimate of drug-likeness (QED) is 0.832. The van der Waals surface area contributed by atoms with Gasteiger partial charge in [0.2, 0.25) is 0 Å². The van der Waals surface area contributed by atoms with Crippen LogP contribution < -0.4 is 10.6 Å². The molecule has 1 aromatic heterocycles. The molecule has 2 aromatic rings. The van der Waals surface area contributed by atoms with Crippen molar-refractivity contribution in [1.29, 1.82) is 0 Å². The molecule has 2 N–H and O–H groups in total. The number of urea groups is 1. The van der Waals surface area contributed by atoms with Gasteiger partial charge < -0.3 is 15.2 Å². The summed E-state index contributed by atoms with van der Waals surface area (Å²) in [6.07, 6.45) is -1.38. The molecule has 0 spiro atoms. The third-order valence-electron chi connectivity index (χ3n) is 3.82. The number of halogens is 4. The van der Waals surface area contributed by atoms with E-state index in [1.54, 1.807) is 0 Å². The van der Waals surface area contributed by atoms with Crippen LogP contribution in [0.1, 0.15) is 37.4 Å². The summed E-state index contributed by atoms with van der Waals surface area (Å²) in [5.41, 5.74) is -1.41. The Morgan fingerprint density at radius 2 is 2.04 bits per heavy atom. The van der Waals surface area contributed by atoms with Crippen molar-refractivity contribution in [3.05, 3.63) is 41.5 Å². The van der Waals surface area contributed by atoms with Crippen LogP contribution in [-0.2, 0) is 5.54 Å². The predicted molar refractivity (Wildman–Crippen MR) is 73.3 cm³/mol. The van der Waals surface area contributed by atoms with Crippen molar-refractivity contribution in [2.45, 2.75) is 31.2 Å². The number of carbonyl (C=O) groups excluding carboxylic acids is 1. The highest BCUT2D eigenvalue weighted by Crippen LogP contribution is 2.40. The Kier molecular flexibility index (Phi) is 4.12. The maximum absolute atomic E-state index is 13.6. The van der Waals surface area contributed by atoms with E-state index in [0.29, 0.717) is 19.3 Å². The predicted octanol–water partition coefficient (Wildman–Crippen LogP) is 3.49. The molecule has 1 saturated carbocycles. The van der Waals surface area contributed by atoms with E-state index in [4.69, 9.17) is 0 Å². The van der Waals surface area contributed by atoms with Gasteiger partial charge in [-0.25, -0.2) is 13.6 Å². The van der Waals surface area contributed by atoms with Crippen LogP contribution in [0.4, 0.5) is 28.0 Å². The van der Waals surface area contributed by atoms with Gasteiger partial charge in [-0.1, -0.05) is 11.2 Å². The monoisotopic (exact) mass is 344 g/mol. The van der Waals surface area contributed by atoms with Crippen molar-refractivity contribution in [2.75, 3.05) is 5.32 Å². The first kappa shape index (κ1) is 16.2. The van der Waals surface area contributed by atoms with Crippen LogP contribution >= 0.6 is 0 Å². The molecule has 0 saturated heterocycles. The Morgan fingerprint density at radius 3 is 2.62 bits per heavy atom. The van der Waals surface area contributed by atoms with Gasteiger partial charge in [0.05, 0.1) is 5.69 Å². The Morgan fingerprint density at radius 1 is 1.29 bits per heavy atom. The van der Waals surface area contributed by atoms with Crippen LogP contribution in [0.15, 0.2) is 22.7 Å². The Bertz CT molecular complexity index is 761. The zero-order valence-corrected chi connectivity index (χ0v) is 12.2. The number of aromatic nitrogens is 2. The number of amides is 2. The van der Waals surface area contributed by atoms with Gasteiger partial charge >= 0.3 is 12.5 Å². The molecule has 3 rings (SSSR count). The third kappa shape index (κ3) is 2.91. The zero-order chi connectivity index (χ0) is 17.3. The number of alkyl halides is 2. The Labute approximate surface area is 133 Å². The van der Waals surface area contributed by atoms with E-state index >= 15 is 0 Å². The molecule has 0 radical (unpaired) electrons. The van der Waals surface area contributed by atoms with Gasteiger partial charge in [-0.05, 0) is 31.4 Å². The van der Waals surface area contributed by atoms with Gasteiger partial charge in [-0.15, -0.1) is 0 Å². The highest BCUT2D eigenvalue weighted by molar-refractivity contribution is 5.90. The SMILES string of the molecule is O=C(Nc1cccc(F)c1F)NC1(c2noc(C(F)F)n2)CCC1. The van der Waals surface area contributed by atoms with Gasteiger partial charge in [0, 0.05) is 0 Å². The van der Waals surface area contributed by atoms with Gasteiger partial charge in [0.25, 0.3) is 5.89 Å². The van der Waals surface area contributed by atoms with Crippen molar-refractivity contribution in [2.24, 2.45) is 0 Å². The lowest BCUT2D eigenvalue weighted by Gasteiger charge is -2.39. The Hall–Kier alpha value is -2.65. The minimum atomic E-state index is -2.92. The fraction of sp³-hybridized carbons (Fsp3) is 0.357.